The fraction of sp³-hybridized carbons (Fsp3) is 0.263. The van der Waals surface area contributed by atoms with E-state index in [1.807, 2.05) is 32.9 Å². The molecule has 132 valence electrons. The van der Waals surface area contributed by atoms with Crippen LogP contribution in [0.5, 0.6) is 11.5 Å². The zero-order chi connectivity index (χ0) is 18.4. The molecule has 0 radical (unpaired) electrons. The van der Waals surface area contributed by atoms with Crippen LogP contribution >= 0.6 is 0 Å². The van der Waals surface area contributed by atoms with Crippen molar-refractivity contribution in [2.45, 2.75) is 20.8 Å². The van der Waals surface area contributed by atoms with Gasteiger partial charge in [-0.2, -0.15) is 0 Å². The lowest BCUT2D eigenvalue weighted by atomic mass is 10.1. The summed E-state index contributed by atoms with van der Waals surface area (Å²) in [6.07, 6.45) is 0. The van der Waals surface area contributed by atoms with Gasteiger partial charge in [0.2, 0.25) is 0 Å². The summed E-state index contributed by atoms with van der Waals surface area (Å²) in [5.74, 6) is 0.194. The number of carbonyl (C=O) groups excluding carboxylic acids is 2. The highest BCUT2D eigenvalue weighted by Crippen LogP contribution is 2.27. The second kappa shape index (κ2) is 8.19. The molecule has 0 saturated heterocycles. The Hall–Kier alpha value is -3.02. The standard InChI is InChI=1S/C19H22N2O4/c1-5-25-16-9-7-14(11-17(16)24-4)18(22)20-21-19(23)15-8-6-12(2)10-13(15)3/h6-11H,5H2,1-4H3,(H,20,22)(H,21,23). The summed E-state index contributed by atoms with van der Waals surface area (Å²) in [5.41, 5.74) is 7.60. The van der Waals surface area contributed by atoms with Crippen molar-refractivity contribution < 1.29 is 19.1 Å². The Morgan fingerprint density at radius 1 is 0.960 bits per heavy atom. The Labute approximate surface area is 147 Å². The fourth-order valence-corrected chi connectivity index (χ4v) is 2.40. The van der Waals surface area contributed by atoms with E-state index >= 15 is 0 Å². The molecule has 6 heteroatoms. The summed E-state index contributed by atoms with van der Waals surface area (Å²) >= 11 is 0. The maximum atomic E-state index is 12.2. The van der Waals surface area contributed by atoms with E-state index in [9.17, 15) is 9.59 Å². The van der Waals surface area contributed by atoms with Crippen molar-refractivity contribution in [3.8, 4) is 11.5 Å². The molecule has 6 nitrogen and oxygen atoms in total. The first-order chi connectivity index (χ1) is 12.0. The van der Waals surface area contributed by atoms with Crippen LogP contribution in [-0.2, 0) is 0 Å². The Kier molecular flexibility index (Phi) is 6.00. The third-order valence-electron chi connectivity index (χ3n) is 3.64. The largest absolute Gasteiger partial charge is 0.493 e. The summed E-state index contributed by atoms with van der Waals surface area (Å²) in [7, 11) is 1.50. The van der Waals surface area contributed by atoms with Gasteiger partial charge in [0.05, 0.1) is 13.7 Å². The number of hydrogen-bond donors (Lipinski definition) is 2. The molecular formula is C19H22N2O4. The van der Waals surface area contributed by atoms with Crippen molar-refractivity contribution in [1.82, 2.24) is 10.9 Å². The summed E-state index contributed by atoms with van der Waals surface area (Å²) in [6, 6.07) is 10.3. The lowest BCUT2D eigenvalue weighted by molar-refractivity contribution is 0.0846. The molecule has 2 amide bonds. The first kappa shape index (κ1) is 18.3. The van der Waals surface area contributed by atoms with Gasteiger partial charge in [0.15, 0.2) is 11.5 Å². The number of carbonyl (C=O) groups is 2. The van der Waals surface area contributed by atoms with Crippen LogP contribution in [0.4, 0.5) is 0 Å². The zero-order valence-electron chi connectivity index (χ0n) is 14.8. The zero-order valence-corrected chi connectivity index (χ0v) is 14.8. The minimum atomic E-state index is -0.445. The van der Waals surface area contributed by atoms with Gasteiger partial charge < -0.3 is 9.47 Å². The van der Waals surface area contributed by atoms with Gasteiger partial charge >= 0.3 is 0 Å². The molecule has 0 aromatic heterocycles. The fourth-order valence-electron chi connectivity index (χ4n) is 2.40. The van der Waals surface area contributed by atoms with E-state index in [2.05, 4.69) is 10.9 Å². The van der Waals surface area contributed by atoms with Crippen LogP contribution in [0.1, 0.15) is 38.8 Å². The normalized spacial score (nSPS) is 10.1. The van der Waals surface area contributed by atoms with E-state index < -0.39 is 5.91 Å². The van der Waals surface area contributed by atoms with E-state index in [0.29, 0.717) is 29.2 Å². The third kappa shape index (κ3) is 4.50. The first-order valence-corrected chi connectivity index (χ1v) is 7.95. The van der Waals surface area contributed by atoms with Gasteiger partial charge in [-0.05, 0) is 50.6 Å². The van der Waals surface area contributed by atoms with Crippen LogP contribution in [0, 0.1) is 13.8 Å². The number of ether oxygens (including phenoxy) is 2. The number of hydrogen-bond acceptors (Lipinski definition) is 4. The Morgan fingerprint density at radius 2 is 1.68 bits per heavy atom. The number of methoxy groups -OCH3 is 1. The Balaban J connectivity index is 2.05. The van der Waals surface area contributed by atoms with E-state index in [1.165, 1.54) is 7.11 Å². The average molecular weight is 342 g/mol. The molecule has 2 aromatic rings. The first-order valence-electron chi connectivity index (χ1n) is 7.95. The monoisotopic (exact) mass is 342 g/mol. The molecule has 0 bridgehead atoms. The molecule has 0 atom stereocenters. The van der Waals surface area contributed by atoms with Gasteiger partial charge in [-0.1, -0.05) is 17.7 Å². The van der Waals surface area contributed by atoms with Crippen LogP contribution in [0.3, 0.4) is 0 Å². The van der Waals surface area contributed by atoms with Crippen LogP contribution in [-0.4, -0.2) is 25.5 Å². The number of benzene rings is 2. The second-order valence-corrected chi connectivity index (χ2v) is 5.53. The van der Waals surface area contributed by atoms with E-state index in [-0.39, 0.29) is 5.91 Å². The van der Waals surface area contributed by atoms with Gasteiger partial charge in [-0.3, -0.25) is 20.4 Å². The molecular weight excluding hydrogens is 320 g/mol. The molecule has 0 aliphatic rings. The minimum absolute atomic E-state index is 0.348. The van der Waals surface area contributed by atoms with Gasteiger partial charge in [-0.25, -0.2) is 0 Å². The molecule has 25 heavy (non-hydrogen) atoms. The molecule has 0 fully saturated rings. The number of rotatable bonds is 5. The van der Waals surface area contributed by atoms with Gasteiger partial charge in [0, 0.05) is 11.1 Å². The number of aryl methyl sites for hydroxylation is 2. The SMILES string of the molecule is CCOc1ccc(C(=O)NNC(=O)c2ccc(C)cc2C)cc1OC. The van der Waals surface area contributed by atoms with Crippen molar-refractivity contribution in [3.05, 3.63) is 58.7 Å². The predicted octanol–water partition coefficient (Wildman–Crippen LogP) is 2.79. The highest BCUT2D eigenvalue weighted by atomic mass is 16.5. The molecule has 2 aromatic carbocycles. The highest BCUT2D eigenvalue weighted by Gasteiger charge is 2.13. The van der Waals surface area contributed by atoms with Crippen molar-refractivity contribution >= 4 is 11.8 Å². The van der Waals surface area contributed by atoms with Gasteiger partial charge in [0.1, 0.15) is 0 Å². The minimum Gasteiger partial charge on any atom is -0.493 e. The van der Waals surface area contributed by atoms with Crippen molar-refractivity contribution in [2.75, 3.05) is 13.7 Å². The van der Waals surface area contributed by atoms with Crippen molar-refractivity contribution in [1.29, 1.82) is 0 Å². The lowest BCUT2D eigenvalue weighted by Crippen LogP contribution is -2.41. The van der Waals surface area contributed by atoms with Crippen LogP contribution in [0.15, 0.2) is 36.4 Å². The summed E-state index contributed by atoms with van der Waals surface area (Å²) in [6.45, 7) is 6.16. The quantitative estimate of drug-likeness (QED) is 0.819. The molecule has 2 rings (SSSR count). The smallest absolute Gasteiger partial charge is 0.269 e. The lowest BCUT2D eigenvalue weighted by Gasteiger charge is -2.12. The Morgan fingerprint density at radius 3 is 2.32 bits per heavy atom. The molecule has 2 N–H and O–H groups in total. The number of amides is 2. The van der Waals surface area contributed by atoms with Crippen molar-refractivity contribution in [2.24, 2.45) is 0 Å². The number of hydrazine groups is 1. The second-order valence-electron chi connectivity index (χ2n) is 5.53. The summed E-state index contributed by atoms with van der Waals surface area (Å²) < 4.78 is 10.6. The third-order valence-corrected chi connectivity index (χ3v) is 3.64. The molecule has 0 spiro atoms. The van der Waals surface area contributed by atoms with Gasteiger partial charge in [0.25, 0.3) is 11.8 Å². The average Bonchev–Trinajstić information content (AvgIpc) is 2.60. The Bertz CT molecular complexity index is 787. The maximum Gasteiger partial charge on any atom is 0.269 e. The predicted molar refractivity (Wildman–Crippen MR) is 95.0 cm³/mol. The van der Waals surface area contributed by atoms with Gasteiger partial charge in [-0.15, -0.1) is 0 Å². The van der Waals surface area contributed by atoms with E-state index in [1.54, 1.807) is 24.3 Å². The molecule has 0 saturated carbocycles. The maximum absolute atomic E-state index is 12.2. The number of nitrogens with one attached hydrogen (secondary N) is 2. The van der Waals surface area contributed by atoms with Crippen molar-refractivity contribution in [3.63, 3.8) is 0 Å². The van der Waals surface area contributed by atoms with E-state index in [4.69, 9.17) is 9.47 Å². The summed E-state index contributed by atoms with van der Waals surface area (Å²) in [5, 5.41) is 0. The molecule has 0 heterocycles. The van der Waals surface area contributed by atoms with E-state index in [0.717, 1.165) is 11.1 Å². The summed E-state index contributed by atoms with van der Waals surface area (Å²) in [4.78, 5) is 24.4. The molecule has 0 aliphatic heterocycles. The van der Waals surface area contributed by atoms with Crippen LogP contribution in [0.25, 0.3) is 0 Å². The molecule has 0 aliphatic carbocycles. The van der Waals surface area contributed by atoms with Crippen LogP contribution < -0.4 is 20.3 Å². The van der Waals surface area contributed by atoms with Crippen LogP contribution in [0.2, 0.25) is 0 Å². The molecule has 0 unspecified atom stereocenters. The highest BCUT2D eigenvalue weighted by molar-refractivity contribution is 6.00. The topological polar surface area (TPSA) is 76.7 Å².